The molecule has 3 heterocycles. The lowest BCUT2D eigenvalue weighted by molar-refractivity contribution is 0.448. The Hall–Kier alpha value is -0.880. The molecule has 3 rings (SSSR count). The lowest BCUT2D eigenvalue weighted by Gasteiger charge is -2.21. The van der Waals surface area contributed by atoms with Gasteiger partial charge < -0.3 is 9.88 Å². The van der Waals surface area contributed by atoms with E-state index in [0.717, 1.165) is 44.6 Å². The molecule has 0 bridgehead atoms. The Kier molecular flexibility index (Phi) is 3.39. The molecule has 1 aromatic heterocycles. The van der Waals surface area contributed by atoms with Crippen LogP contribution in [-0.4, -0.2) is 36.0 Å². The Morgan fingerprint density at radius 1 is 1.37 bits per heavy atom. The van der Waals surface area contributed by atoms with Gasteiger partial charge in [0.2, 0.25) is 0 Å². The third-order valence-corrected chi connectivity index (χ3v) is 6.08. The molecule has 5 nitrogen and oxygen atoms in total. The Balaban J connectivity index is 1.72. The van der Waals surface area contributed by atoms with Gasteiger partial charge in [-0.15, -0.1) is 0 Å². The van der Waals surface area contributed by atoms with E-state index in [0.29, 0.717) is 17.4 Å². The first-order chi connectivity index (χ1) is 9.05. The van der Waals surface area contributed by atoms with Crippen LogP contribution in [0.5, 0.6) is 0 Å². The molecule has 0 spiro atoms. The fourth-order valence-electron chi connectivity index (χ4n) is 3.10. The van der Waals surface area contributed by atoms with Crippen LogP contribution in [0.25, 0.3) is 0 Å². The van der Waals surface area contributed by atoms with E-state index in [-0.39, 0.29) is 0 Å². The van der Waals surface area contributed by atoms with Crippen molar-refractivity contribution in [1.82, 2.24) is 14.9 Å². The fraction of sp³-hybridized carbons (Fsp3) is 0.769. The van der Waals surface area contributed by atoms with E-state index in [1.165, 1.54) is 11.4 Å². The van der Waals surface area contributed by atoms with E-state index in [9.17, 15) is 8.42 Å². The van der Waals surface area contributed by atoms with Gasteiger partial charge in [-0.05, 0) is 18.8 Å². The van der Waals surface area contributed by atoms with Crippen molar-refractivity contribution in [2.45, 2.75) is 32.2 Å². The van der Waals surface area contributed by atoms with E-state index in [2.05, 4.69) is 16.9 Å². The molecular formula is C13H21N3O2S. The number of imidazole rings is 1. The monoisotopic (exact) mass is 283 g/mol. The molecule has 0 radical (unpaired) electrons. The highest BCUT2D eigenvalue weighted by Gasteiger charge is 2.26. The van der Waals surface area contributed by atoms with Crippen LogP contribution in [0.1, 0.15) is 30.1 Å². The summed E-state index contributed by atoms with van der Waals surface area (Å²) < 4.78 is 25.1. The molecule has 1 saturated heterocycles. The first-order valence-corrected chi connectivity index (χ1v) is 8.82. The second-order valence-electron chi connectivity index (χ2n) is 5.71. The molecule has 1 fully saturated rings. The molecule has 106 valence electrons. The van der Waals surface area contributed by atoms with Crippen LogP contribution in [0.3, 0.4) is 0 Å². The number of nitrogens with zero attached hydrogens (tertiary/aromatic N) is 2. The fourth-order valence-corrected chi connectivity index (χ4v) is 4.68. The Bertz CT molecular complexity index is 563. The summed E-state index contributed by atoms with van der Waals surface area (Å²) in [6, 6.07) is 0. The Morgan fingerprint density at radius 3 is 2.79 bits per heavy atom. The summed E-state index contributed by atoms with van der Waals surface area (Å²) in [5.74, 6) is 2.30. The normalized spacial score (nSPS) is 23.2. The molecule has 0 unspecified atom stereocenters. The first-order valence-electron chi connectivity index (χ1n) is 6.99. The van der Waals surface area contributed by atoms with Crippen molar-refractivity contribution in [2.75, 3.05) is 18.1 Å². The van der Waals surface area contributed by atoms with Crippen LogP contribution in [0.4, 0.5) is 0 Å². The van der Waals surface area contributed by atoms with Crippen LogP contribution < -0.4 is 5.32 Å². The van der Waals surface area contributed by atoms with Crippen LogP contribution in [-0.2, 0) is 36.3 Å². The SMILES string of the molecule is Cn1c(CC2CCS(=O)(=O)CC2)nc2c1CCNC2. The van der Waals surface area contributed by atoms with Gasteiger partial charge in [0.25, 0.3) is 0 Å². The van der Waals surface area contributed by atoms with Gasteiger partial charge in [-0.3, -0.25) is 0 Å². The van der Waals surface area contributed by atoms with Gasteiger partial charge in [0.15, 0.2) is 0 Å². The van der Waals surface area contributed by atoms with Crippen molar-refractivity contribution < 1.29 is 8.42 Å². The molecule has 0 aliphatic carbocycles. The Labute approximate surface area is 114 Å². The van der Waals surface area contributed by atoms with E-state index >= 15 is 0 Å². The van der Waals surface area contributed by atoms with Crippen molar-refractivity contribution in [2.24, 2.45) is 13.0 Å². The summed E-state index contributed by atoms with van der Waals surface area (Å²) in [6.07, 6.45) is 3.53. The summed E-state index contributed by atoms with van der Waals surface area (Å²) in [4.78, 5) is 4.73. The average Bonchev–Trinajstić information content (AvgIpc) is 2.70. The molecule has 1 N–H and O–H groups in total. The van der Waals surface area contributed by atoms with Crippen molar-refractivity contribution in [3.8, 4) is 0 Å². The van der Waals surface area contributed by atoms with Gasteiger partial charge >= 0.3 is 0 Å². The third-order valence-electron chi connectivity index (χ3n) is 4.37. The molecule has 19 heavy (non-hydrogen) atoms. The van der Waals surface area contributed by atoms with Crippen molar-refractivity contribution in [3.05, 3.63) is 17.2 Å². The molecule has 6 heteroatoms. The molecule has 0 atom stereocenters. The van der Waals surface area contributed by atoms with Gasteiger partial charge in [-0.2, -0.15) is 0 Å². The third kappa shape index (κ3) is 2.69. The summed E-state index contributed by atoms with van der Waals surface area (Å²) in [6.45, 7) is 1.88. The quantitative estimate of drug-likeness (QED) is 0.855. The number of rotatable bonds is 2. The molecule has 2 aliphatic rings. The number of nitrogens with one attached hydrogen (secondary N) is 1. The summed E-state index contributed by atoms with van der Waals surface area (Å²) >= 11 is 0. The minimum absolute atomic E-state index is 0.351. The highest BCUT2D eigenvalue weighted by atomic mass is 32.2. The maximum absolute atomic E-state index is 11.4. The molecule has 0 saturated carbocycles. The topological polar surface area (TPSA) is 64.0 Å². The largest absolute Gasteiger partial charge is 0.335 e. The highest BCUT2D eigenvalue weighted by Crippen LogP contribution is 2.24. The number of fused-ring (bicyclic) bond motifs is 1. The molecule has 0 aromatic carbocycles. The first kappa shape index (κ1) is 13.1. The van der Waals surface area contributed by atoms with Gasteiger partial charge in [-0.1, -0.05) is 0 Å². The van der Waals surface area contributed by atoms with Crippen LogP contribution >= 0.6 is 0 Å². The maximum atomic E-state index is 11.4. The summed E-state index contributed by atoms with van der Waals surface area (Å²) in [7, 11) is -0.668. The lowest BCUT2D eigenvalue weighted by Crippen LogP contribution is -2.25. The van der Waals surface area contributed by atoms with Crippen molar-refractivity contribution >= 4 is 9.84 Å². The van der Waals surface area contributed by atoms with E-state index in [1.807, 2.05) is 0 Å². The van der Waals surface area contributed by atoms with Gasteiger partial charge in [-0.25, -0.2) is 13.4 Å². The maximum Gasteiger partial charge on any atom is 0.150 e. The standard InChI is InChI=1S/C13H21N3O2S/c1-16-12-2-5-14-9-11(12)15-13(16)8-10-3-6-19(17,18)7-4-10/h10,14H,2-9H2,1H3. The van der Waals surface area contributed by atoms with Gasteiger partial charge in [0.05, 0.1) is 17.2 Å². The van der Waals surface area contributed by atoms with E-state index in [1.54, 1.807) is 0 Å². The summed E-state index contributed by atoms with van der Waals surface area (Å²) in [5.41, 5.74) is 2.52. The zero-order chi connectivity index (χ0) is 13.5. The zero-order valence-corrected chi connectivity index (χ0v) is 12.2. The van der Waals surface area contributed by atoms with Gasteiger partial charge in [0.1, 0.15) is 15.7 Å². The van der Waals surface area contributed by atoms with Crippen molar-refractivity contribution in [3.63, 3.8) is 0 Å². The molecule has 0 amide bonds. The van der Waals surface area contributed by atoms with Crippen molar-refractivity contribution in [1.29, 1.82) is 0 Å². The Morgan fingerprint density at radius 2 is 2.11 bits per heavy atom. The number of aromatic nitrogens is 2. The highest BCUT2D eigenvalue weighted by molar-refractivity contribution is 7.91. The van der Waals surface area contributed by atoms with Gasteiger partial charge in [0, 0.05) is 38.7 Å². The molecule has 1 aromatic rings. The predicted octanol–water partition coefficient (Wildman–Crippen LogP) is 0.433. The minimum atomic E-state index is -2.76. The number of hydrogen-bond donors (Lipinski definition) is 1. The second-order valence-corrected chi connectivity index (χ2v) is 8.01. The van der Waals surface area contributed by atoms with Crippen LogP contribution in [0.2, 0.25) is 0 Å². The molecule has 2 aliphatic heterocycles. The van der Waals surface area contributed by atoms with Crippen LogP contribution in [0, 0.1) is 5.92 Å². The average molecular weight is 283 g/mol. The zero-order valence-electron chi connectivity index (χ0n) is 11.4. The number of hydrogen-bond acceptors (Lipinski definition) is 4. The predicted molar refractivity (Wildman–Crippen MR) is 73.7 cm³/mol. The second kappa shape index (κ2) is 4.90. The minimum Gasteiger partial charge on any atom is -0.335 e. The lowest BCUT2D eigenvalue weighted by atomic mass is 9.98. The van der Waals surface area contributed by atoms with Crippen LogP contribution in [0.15, 0.2) is 0 Å². The van der Waals surface area contributed by atoms with E-state index in [4.69, 9.17) is 4.98 Å². The number of sulfone groups is 1. The molecular weight excluding hydrogens is 262 g/mol. The summed E-state index contributed by atoms with van der Waals surface area (Å²) in [5, 5.41) is 3.34. The smallest absolute Gasteiger partial charge is 0.150 e. The van der Waals surface area contributed by atoms with E-state index < -0.39 is 9.84 Å².